The van der Waals surface area contributed by atoms with Crippen LogP contribution in [0.25, 0.3) is 16.0 Å². The highest BCUT2D eigenvalue weighted by Crippen LogP contribution is 2.33. The van der Waals surface area contributed by atoms with Crippen LogP contribution in [-0.4, -0.2) is 73.8 Å². The molecule has 0 spiro atoms. The molecule has 172 valence electrons. The van der Waals surface area contributed by atoms with E-state index in [1.54, 1.807) is 18.0 Å². The molecule has 3 aromatic heterocycles. The predicted molar refractivity (Wildman–Crippen MR) is 133 cm³/mol. The van der Waals surface area contributed by atoms with Gasteiger partial charge < -0.3 is 5.32 Å². The summed E-state index contributed by atoms with van der Waals surface area (Å²) in [6, 6.07) is 9.05. The fraction of sp³-hybridized carbons (Fsp3) is 0.391. The summed E-state index contributed by atoms with van der Waals surface area (Å²) in [4.78, 5) is 31.6. The molecular weight excluding hydrogens is 454 g/mol. The van der Waals surface area contributed by atoms with Gasteiger partial charge in [-0.3, -0.25) is 19.0 Å². The van der Waals surface area contributed by atoms with E-state index in [1.165, 1.54) is 11.3 Å². The van der Waals surface area contributed by atoms with E-state index in [2.05, 4.69) is 57.0 Å². The Hall–Kier alpha value is -2.53. The van der Waals surface area contributed by atoms with Gasteiger partial charge in [0.15, 0.2) is 5.13 Å². The van der Waals surface area contributed by atoms with Gasteiger partial charge in [0.25, 0.3) is 0 Å². The first-order valence-corrected chi connectivity index (χ1v) is 12.7. The van der Waals surface area contributed by atoms with Crippen LogP contribution in [0.4, 0.5) is 5.13 Å². The van der Waals surface area contributed by atoms with Crippen molar-refractivity contribution >= 4 is 50.1 Å². The van der Waals surface area contributed by atoms with E-state index >= 15 is 0 Å². The van der Waals surface area contributed by atoms with Crippen LogP contribution in [0.5, 0.6) is 0 Å². The minimum Gasteiger partial charge on any atom is -0.302 e. The Bertz CT molecular complexity index is 1270. The number of likely N-dealkylation sites (N-methyl/N-ethyl adjacent to an activating group) is 1. The zero-order chi connectivity index (χ0) is 22.9. The Morgan fingerprint density at radius 2 is 2.06 bits per heavy atom. The molecule has 2 unspecified atom stereocenters. The Morgan fingerprint density at radius 1 is 1.24 bits per heavy atom. The number of aromatic nitrogens is 4. The number of imidazole rings is 1. The maximum Gasteiger partial charge on any atom is 0.234 e. The van der Waals surface area contributed by atoms with E-state index in [9.17, 15) is 4.79 Å². The van der Waals surface area contributed by atoms with Gasteiger partial charge in [0, 0.05) is 55.4 Å². The molecule has 5 rings (SSSR count). The van der Waals surface area contributed by atoms with Gasteiger partial charge in [-0.25, -0.2) is 15.0 Å². The molecule has 1 fully saturated rings. The molecule has 0 saturated carbocycles. The van der Waals surface area contributed by atoms with Crippen molar-refractivity contribution < 1.29 is 4.79 Å². The average Bonchev–Trinajstić information content (AvgIpc) is 3.39. The summed E-state index contributed by atoms with van der Waals surface area (Å²) in [5.74, 6) is 0.700. The summed E-state index contributed by atoms with van der Waals surface area (Å²) in [7, 11) is 2.17. The van der Waals surface area contributed by atoms with E-state index in [-0.39, 0.29) is 5.91 Å². The number of rotatable bonds is 6. The Labute approximate surface area is 201 Å². The molecular formula is C23H27N7OS2. The summed E-state index contributed by atoms with van der Waals surface area (Å²) >= 11 is 3.14. The second kappa shape index (κ2) is 9.38. The van der Waals surface area contributed by atoms with Crippen LogP contribution in [0.15, 0.2) is 52.8 Å². The van der Waals surface area contributed by atoms with Crippen molar-refractivity contribution in [1.82, 2.24) is 29.2 Å². The summed E-state index contributed by atoms with van der Waals surface area (Å²) in [6.07, 6.45) is 6.00. The third-order valence-electron chi connectivity index (χ3n) is 6.17. The lowest BCUT2D eigenvalue weighted by atomic mass is 10.1. The van der Waals surface area contributed by atoms with Crippen molar-refractivity contribution in [2.45, 2.75) is 42.3 Å². The molecule has 1 aliphatic rings. The van der Waals surface area contributed by atoms with Crippen molar-refractivity contribution in [3.05, 3.63) is 42.9 Å². The number of anilines is 1. The normalized spacial score (nSPS) is 20.0. The second-order valence-electron chi connectivity index (χ2n) is 8.56. The predicted octanol–water partition coefficient (Wildman–Crippen LogP) is 3.84. The van der Waals surface area contributed by atoms with Gasteiger partial charge in [0.2, 0.25) is 11.7 Å². The monoisotopic (exact) mass is 481 g/mol. The van der Waals surface area contributed by atoms with E-state index in [1.807, 2.05) is 35.0 Å². The molecule has 33 heavy (non-hydrogen) atoms. The third-order valence-corrected chi connectivity index (χ3v) is 8.11. The summed E-state index contributed by atoms with van der Waals surface area (Å²) in [5.41, 5.74) is 0.890. The number of amides is 1. The molecule has 1 N–H and O–H groups in total. The van der Waals surface area contributed by atoms with Crippen LogP contribution in [0.2, 0.25) is 0 Å². The Morgan fingerprint density at radius 3 is 2.88 bits per heavy atom. The summed E-state index contributed by atoms with van der Waals surface area (Å²) in [6.45, 7) is 7.25. The Balaban J connectivity index is 1.21. The zero-order valence-corrected chi connectivity index (χ0v) is 20.6. The summed E-state index contributed by atoms with van der Waals surface area (Å²) in [5, 5.41) is 4.65. The number of nitrogens with one attached hydrogen (secondary N) is 1. The smallest absolute Gasteiger partial charge is 0.234 e. The lowest BCUT2D eigenvalue weighted by Gasteiger charge is -2.42. The SMILES string of the molecule is CC1CN(CCC(=O)Nc2nc3ccc(Sc4cnc5ncccn45)cc3s2)CC(C)N1C. The van der Waals surface area contributed by atoms with Crippen molar-refractivity contribution in [2.24, 2.45) is 0 Å². The van der Waals surface area contributed by atoms with E-state index in [0.29, 0.717) is 29.4 Å². The van der Waals surface area contributed by atoms with Gasteiger partial charge in [0.05, 0.1) is 16.4 Å². The van der Waals surface area contributed by atoms with Gasteiger partial charge in [-0.15, -0.1) is 0 Å². The van der Waals surface area contributed by atoms with Gasteiger partial charge >= 0.3 is 0 Å². The molecule has 1 aliphatic heterocycles. The molecule has 0 radical (unpaired) electrons. The van der Waals surface area contributed by atoms with Crippen LogP contribution in [-0.2, 0) is 4.79 Å². The summed E-state index contributed by atoms with van der Waals surface area (Å²) < 4.78 is 3.01. The van der Waals surface area contributed by atoms with Crippen LogP contribution in [0.1, 0.15) is 20.3 Å². The molecule has 1 saturated heterocycles. The van der Waals surface area contributed by atoms with E-state index < -0.39 is 0 Å². The van der Waals surface area contributed by atoms with Gasteiger partial charge in [-0.1, -0.05) is 23.1 Å². The van der Waals surface area contributed by atoms with Crippen LogP contribution in [0, 0.1) is 0 Å². The maximum atomic E-state index is 12.6. The fourth-order valence-corrected chi connectivity index (χ4v) is 6.06. The highest BCUT2D eigenvalue weighted by atomic mass is 32.2. The lowest BCUT2D eigenvalue weighted by molar-refractivity contribution is -0.116. The quantitative estimate of drug-likeness (QED) is 0.448. The van der Waals surface area contributed by atoms with Crippen LogP contribution in [0.3, 0.4) is 0 Å². The number of fused-ring (bicyclic) bond motifs is 2. The van der Waals surface area contributed by atoms with Gasteiger partial charge in [-0.05, 0) is 45.2 Å². The topological polar surface area (TPSA) is 78.7 Å². The lowest BCUT2D eigenvalue weighted by Crippen LogP contribution is -2.55. The van der Waals surface area contributed by atoms with Gasteiger partial charge in [-0.2, -0.15) is 0 Å². The molecule has 8 nitrogen and oxygen atoms in total. The number of carbonyl (C=O) groups excluding carboxylic acids is 1. The molecule has 1 aromatic carbocycles. The third kappa shape index (κ3) is 4.89. The number of hydrogen-bond donors (Lipinski definition) is 1. The number of benzene rings is 1. The van der Waals surface area contributed by atoms with Crippen molar-refractivity contribution in [3.63, 3.8) is 0 Å². The first kappa shape index (κ1) is 22.3. The molecule has 0 bridgehead atoms. The van der Waals surface area contributed by atoms with Crippen LogP contribution >= 0.6 is 23.1 Å². The molecule has 1 amide bonds. The zero-order valence-electron chi connectivity index (χ0n) is 18.9. The highest BCUT2D eigenvalue weighted by Gasteiger charge is 2.26. The molecule has 4 heterocycles. The molecule has 10 heteroatoms. The standard InChI is InChI=1S/C23H27N7OS2/c1-15-13-29(14-16(2)28(15)3)10-7-20(31)27-23-26-18-6-5-17(11-19(18)33-23)32-21-12-25-22-24-8-4-9-30(21)22/h4-6,8-9,11-12,15-16H,7,10,13-14H2,1-3H3,(H,26,27,31). The molecule has 2 atom stereocenters. The number of carbonyl (C=O) groups is 1. The van der Waals surface area contributed by atoms with Crippen molar-refractivity contribution in [1.29, 1.82) is 0 Å². The highest BCUT2D eigenvalue weighted by molar-refractivity contribution is 7.99. The first-order chi connectivity index (χ1) is 16.0. The van der Waals surface area contributed by atoms with Gasteiger partial charge in [0.1, 0.15) is 5.03 Å². The number of piperazine rings is 1. The number of nitrogens with zero attached hydrogens (tertiary/aromatic N) is 6. The van der Waals surface area contributed by atoms with Crippen LogP contribution < -0.4 is 5.32 Å². The number of thiazole rings is 1. The van der Waals surface area contributed by atoms with Crippen molar-refractivity contribution in [2.75, 3.05) is 32.0 Å². The fourth-order valence-electron chi connectivity index (χ4n) is 4.16. The first-order valence-electron chi connectivity index (χ1n) is 11.1. The van der Waals surface area contributed by atoms with E-state index in [4.69, 9.17) is 0 Å². The minimum atomic E-state index is 0.0149. The molecule has 0 aliphatic carbocycles. The number of hydrogen-bond acceptors (Lipinski definition) is 8. The second-order valence-corrected chi connectivity index (χ2v) is 10.7. The average molecular weight is 482 g/mol. The molecule has 4 aromatic rings. The Kier molecular flexibility index (Phi) is 6.33. The maximum absolute atomic E-state index is 12.6. The van der Waals surface area contributed by atoms with Crippen molar-refractivity contribution in [3.8, 4) is 0 Å². The van der Waals surface area contributed by atoms with E-state index in [0.717, 1.165) is 39.8 Å². The minimum absolute atomic E-state index is 0.0149. The largest absolute Gasteiger partial charge is 0.302 e.